The van der Waals surface area contributed by atoms with Gasteiger partial charge < -0.3 is 9.84 Å². The van der Waals surface area contributed by atoms with Gasteiger partial charge in [-0.3, -0.25) is 14.4 Å². The molecule has 5 nitrogen and oxygen atoms in total. The Bertz CT molecular complexity index is 943. The molecular weight excluding hydrogens is 435 g/mol. The van der Waals surface area contributed by atoms with Crippen molar-refractivity contribution < 1.29 is 28.6 Å². The number of ether oxygens (including phenoxy) is 1. The molecule has 0 saturated heterocycles. The average Bonchev–Trinajstić information content (AvgIpc) is 2.97. The summed E-state index contributed by atoms with van der Waals surface area (Å²) in [6.45, 7) is 7.22. The molecule has 0 amide bonds. The summed E-state index contributed by atoms with van der Waals surface area (Å²) in [5.41, 5.74) is -4.54. The lowest BCUT2D eigenvalue weighted by Crippen LogP contribution is -2.65. The number of halogens is 2. The second-order valence-corrected chi connectivity index (χ2v) is 10.8. The van der Waals surface area contributed by atoms with Gasteiger partial charge in [-0.1, -0.05) is 20.8 Å². The fraction of sp³-hybridized carbons (Fsp3) is 0.720. The summed E-state index contributed by atoms with van der Waals surface area (Å²) in [7, 11) is 0. The summed E-state index contributed by atoms with van der Waals surface area (Å²) < 4.78 is 23.1. The van der Waals surface area contributed by atoms with Gasteiger partial charge >= 0.3 is 5.97 Å². The smallest absolute Gasteiger partial charge is 0.306 e. The molecule has 3 fully saturated rings. The van der Waals surface area contributed by atoms with Gasteiger partial charge in [-0.2, -0.15) is 0 Å². The summed E-state index contributed by atoms with van der Waals surface area (Å²) in [4.78, 5) is 37.7. The van der Waals surface area contributed by atoms with Gasteiger partial charge in [0.05, 0.1) is 11.3 Å². The summed E-state index contributed by atoms with van der Waals surface area (Å²) in [6.07, 6.45) is 4.69. The first-order valence-corrected chi connectivity index (χ1v) is 12.1. The molecule has 3 saturated carbocycles. The number of hydrogen-bond donors (Lipinski definition) is 1. The third kappa shape index (κ3) is 2.65. The van der Waals surface area contributed by atoms with Crippen LogP contribution in [0.4, 0.5) is 4.39 Å². The van der Waals surface area contributed by atoms with Crippen molar-refractivity contribution in [3.63, 3.8) is 0 Å². The fourth-order valence-corrected chi connectivity index (χ4v) is 7.95. The highest BCUT2D eigenvalue weighted by Gasteiger charge is 2.75. The number of alkyl halides is 2. The Balaban J connectivity index is 1.82. The fourth-order valence-electron chi connectivity index (χ4n) is 7.75. The molecule has 4 aliphatic carbocycles. The molecule has 0 radical (unpaired) electrons. The zero-order valence-electron chi connectivity index (χ0n) is 19.2. The van der Waals surface area contributed by atoms with Crippen LogP contribution in [-0.4, -0.2) is 39.8 Å². The Hall–Kier alpha value is -1.69. The summed E-state index contributed by atoms with van der Waals surface area (Å²) in [6, 6.07) is 0. The standard InChI is InChI=1S/C25H32ClFO5/c1-5-21(31)32-25(20(30)13-26)14(2)10-18-17-7-6-15-11-16(28)12-19(29)23(15,4)24(17,27)9-8-22(18,25)3/h11-12,14,17-18,29H,5-10,13H2,1-4H3/t14?,17-,18-,22-,23+,24+,25-/m0/s1. The normalized spacial score (nSPS) is 45.2. The molecule has 0 heterocycles. The zero-order chi connectivity index (χ0) is 23.7. The first-order chi connectivity index (χ1) is 14.9. The molecule has 7 heteroatoms. The van der Waals surface area contributed by atoms with Crippen molar-refractivity contribution in [1.29, 1.82) is 0 Å². The van der Waals surface area contributed by atoms with Crippen molar-refractivity contribution >= 4 is 29.1 Å². The van der Waals surface area contributed by atoms with Crippen molar-refractivity contribution in [2.24, 2.45) is 28.6 Å². The number of carbonyl (C=O) groups excluding carboxylic acids is 3. The van der Waals surface area contributed by atoms with Gasteiger partial charge in [0.2, 0.25) is 0 Å². The Morgan fingerprint density at radius 3 is 2.56 bits per heavy atom. The van der Waals surface area contributed by atoms with Crippen LogP contribution in [0.15, 0.2) is 23.5 Å². The molecule has 1 unspecified atom stereocenters. The maximum atomic E-state index is 17.1. The second-order valence-electron chi connectivity index (χ2n) is 10.5. The van der Waals surface area contributed by atoms with Crippen LogP contribution in [0, 0.1) is 28.6 Å². The molecule has 7 atom stereocenters. The van der Waals surface area contributed by atoms with Gasteiger partial charge in [0.15, 0.2) is 17.2 Å². The molecule has 32 heavy (non-hydrogen) atoms. The lowest BCUT2D eigenvalue weighted by Gasteiger charge is -2.61. The summed E-state index contributed by atoms with van der Waals surface area (Å²) in [5.74, 6) is -2.56. The number of fused-ring (bicyclic) bond motifs is 5. The third-order valence-electron chi connectivity index (χ3n) is 9.45. The van der Waals surface area contributed by atoms with Gasteiger partial charge in [0.25, 0.3) is 0 Å². The van der Waals surface area contributed by atoms with Gasteiger partial charge in [-0.15, -0.1) is 11.6 Å². The minimum Gasteiger partial charge on any atom is -0.511 e. The lowest BCUT2D eigenvalue weighted by molar-refractivity contribution is -0.203. The zero-order valence-corrected chi connectivity index (χ0v) is 19.9. The van der Waals surface area contributed by atoms with Crippen molar-refractivity contribution in [3.8, 4) is 0 Å². The van der Waals surface area contributed by atoms with Gasteiger partial charge in [0, 0.05) is 23.8 Å². The van der Waals surface area contributed by atoms with Gasteiger partial charge in [-0.05, 0) is 62.5 Å². The number of carbonyl (C=O) groups is 3. The van der Waals surface area contributed by atoms with E-state index in [-0.39, 0.29) is 47.9 Å². The highest BCUT2D eigenvalue weighted by atomic mass is 35.5. The molecule has 4 rings (SSSR count). The molecule has 4 aliphatic rings. The summed E-state index contributed by atoms with van der Waals surface area (Å²) >= 11 is 6.02. The summed E-state index contributed by atoms with van der Waals surface area (Å²) in [5, 5.41) is 10.8. The molecule has 1 N–H and O–H groups in total. The van der Waals surface area contributed by atoms with Crippen LogP contribution in [0.5, 0.6) is 0 Å². The lowest BCUT2D eigenvalue weighted by atomic mass is 9.45. The van der Waals surface area contributed by atoms with Crippen LogP contribution in [0.3, 0.4) is 0 Å². The van der Waals surface area contributed by atoms with E-state index in [1.165, 1.54) is 6.08 Å². The van der Waals surface area contributed by atoms with Crippen LogP contribution in [0.1, 0.15) is 66.2 Å². The number of ketones is 2. The highest BCUT2D eigenvalue weighted by Crippen LogP contribution is 2.72. The second kappa shape index (κ2) is 7.41. The van der Waals surface area contributed by atoms with E-state index in [4.69, 9.17) is 16.3 Å². The number of hydrogen-bond acceptors (Lipinski definition) is 5. The maximum Gasteiger partial charge on any atom is 0.306 e. The molecule has 0 bridgehead atoms. The van der Waals surface area contributed by atoms with Crippen LogP contribution in [-0.2, 0) is 19.1 Å². The van der Waals surface area contributed by atoms with Gasteiger partial charge in [-0.25, -0.2) is 4.39 Å². The monoisotopic (exact) mass is 466 g/mol. The van der Waals surface area contributed by atoms with Crippen LogP contribution in [0.2, 0.25) is 0 Å². The van der Waals surface area contributed by atoms with E-state index in [1.807, 2.05) is 13.8 Å². The van der Waals surface area contributed by atoms with Crippen molar-refractivity contribution in [2.75, 3.05) is 5.88 Å². The molecule has 0 aromatic heterocycles. The Morgan fingerprint density at radius 1 is 1.25 bits per heavy atom. The predicted octanol–water partition coefficient (Wildman–Crippen LogP) is 5.02. The first-order valence-electron chi connectivity index (χ1n) is 11.6. The molecule has 0 aromatic carbocycles. The molecule has 0 aromatic rings. The quantitative estimate of drug-likeness (QED) is 0.465. The van der Waals surface area contributed by atoms with Crippen molar-refractivity contribution in [3.05, 3.63) is 23.5 Å². The van der Waals surface area contributed by atoms with Crippen molar-refractivity contribution in [2.45, 2.75) is 77.5 Å². The van der Waals surface area contributed by atoms with E-state index >= 15 is 4.39 Å². The first kappa shape index (κ1) is 23.5. The Morgan fingerprint density at radius 2 is 1.94 bits per heavy atom. The molecule has 0 spiro atoms. The average molecular weight is 467 g/mol. The van der Waals surface area contributed by atoms with Crippen LogP contribution < -0.4 is 0 Å². The molecule has 0 aliphatic heterocycles. The minimum absolute atomic E-state index is 0.0955. The van der Waals surface area contributed by atoms with E-state index in [2.05, 4.69) is 0 Å². The largest absolute Gasteiger partial charge is 0.511 e. The number of allylic oxidation sites excluding steroid dienone is 3. The van der Waals surface area contributed by atoms with E-state index in [0.717, 1.165) is 6.08 Å². The van der Waals surface area contributed by atoms with Crippen LogP contribution in [0.25, 0.3) is 0 Å². The van der Waals surface area contributed by atoms with Gasteiger partial charge in [0.1, 0.15) is 11.4 Å². The molecule has 176 valence electrons. The maximum absolute atomic E-state index is 17.1. The number of aliphatic hydroxyl groups is 1. The third-order valence-corrected chi connectivity index (χ3v) is 9.70. The van der Waals surface area contributed by atoms with Crippen molar-refractivity contribution in [1.82, 2.24) is 0 Å². The van der Waals surface area contributed by atoms with E-state index < -0.39 is 34.0 Å². The van der Waals surface area contributed by atoms with E-state index in [1.54, 1.807) is 13.8 Å². The minimum atomic E-state index is -1.77. The number of aliphatic hydroxyl groups excluding tert-OH is 1. The Labute approximate surface area is 193 Å². The number of rotatable bonds is 4. The van der Waals surface area contributed by atoms with E-state index in [0.29, 0.717) is 31.3 Å². The van der Waals surface area contributed by atoms with Crippen LogP contribution >= 0.6 is 11.6 Å². The number of Topliss-reactive ketones (excluding diaryl/α,β-unsaturated/α-hetero) is 1. The van der Waals surface area contributed by atoms with E-state index in [9.17, 15) is 19.5 Å². The highest BCUT2D eigenvalue weighted by molar-refractivity contribution is 6.29. The predicted molar refractivity (Wildman–Crippen MR) is 118 cm³/mol. The number of esters is 1. The Kier molecular flexibility index (Phi) is 5.43. The topological polar surface area (TPSA) is 80.7 Å². The SMILES string of the molecule is CCC(=O)O[C@]1(C(=O)CCl)C(C)C[C@H]2[C@@H]3CCC4=CC(=O)C=C(O)[C@]4(C)[C@@]3(F)CC[C@@]21C. The molecular formula is C25H32ClFO5.